The summed E-state index contributed by atoms with van der Waals surface area (Å²) in [5.41, 5.74) is 2.71. The molecule has 0 radical (unpaired) electrons. The molecule has 2 heterocycles. The van der Waals surface area contributed by atoms with Crippen molar-refractivity contribution in [2.45, 2.75) is 19.9 Å². The first-order valence-corrected chi connectivity index (χ1v) is 9.18. The van der Waals surface area contributed by atoms with Gasteiger partial charge in [-0.2, -0.15) is 0 Å². The molecule has 0 aliphatic heterocycles. The van der Waals surface area contributed by atoms with Gasteiger partial charge in [-0.05, 0) is 30.3 Å². The summed E-state index contributed by atoms with van der Waals surface area (Å²) in [6.45, 7) is 2.25. The summed E-state index contributed by atoms with van der Waals surface area (Å²) in [7, 11) is 1.63. The summed E-state index contributed by atoms with van der Waals surface area (Å²) in [5.74, 6) is 1.56. The van der Waals surface area contributed by atoms with Gasteiger partial charge in [0.2, 0.25) is 5.91 Å². The average Bonchev–Trinajstić information content (AvgIpc) is 3.21. The lowest BCUT2D eigenvalue weighted by Crippen LogP contribution is -2.19. The van der Waals surface area contributed by atoms with E-state index in [0.29, 0.717) is 5.13 Å². The molecule has 0 aliphatic rings. The van der Waals surface area contributed by atoms with Crippen LogP contribution in [0.4, 0.5) is 5.13 Å². The predicted molar refractivity (Wildman–Crippen MR) is 104 cm³/mol. The Balaban J connectivity index is 1.58. The molecule has 1 amide bonds. The van der Waals surface area contributed by atoms with Crippen molar-refractivity contribution < 1.29 is 9.53 Å². The highest BCUT2D eigenvalue weighted by molar-refractivity contribution is 7.22. The van der Waals surface area contributed by atoms with Gasteiger partial charge in [0.05, 0.1) is 28.4 Å². The number of para-hydroxylation sites is 2. The number of nitrogens with zero attached hydrogens (tertiary/aromatic N) is 3. The van der Waals surface area contributed by atoms with Crippen LogP contribution in [0.1, 0.15) is 12.7 Å². The van der Waals surface area contributed by atoms with Gasteiger partial charge in [-0.1, -0.05) is 30.4 Å². The van der Waals surface area contributed by atoms with Crippen molar-refractivity contribution in [2.75, 3.05) is 12.4 Å². The third kappa shape index (κ3) is 3.01. The van der Waals surface area contributed by atoms with Gasteiger partial charge in [0.1, 0.15) is 18.1 Å². The number of fused-ring (bicyclic) bond motifs is 2. The van der Waals surface area contributed by atoms with Crippen molar-refractivity contribution in [3.63, 3.8) is 0 Å². The average molecular weight is 366 g/mol. The summed E-state index contributed by atoms with van der Waals surface area (Å²) < 4.78 is 8.16. The number of amides is 1. The summed E-state index contributed by atoms with van der Waals surface area (Å²) >= 11 is 1.43. The number of aromatic nitrogens is 3. The Hall–Kier alpha value is -2.93. The molecule has 0 fully saturated rings. The molecule has 4 rings (SSSR count). The highest BCUT2D eigenvalue weighted by atomic mass is 32.1. The molecule has 0 bridgehead atoms. The van der Waals surface area contributed by atoms with Crippen molar-refractivity contribution >= 4 is 43.6 Å². The maximum atomic E-state index is 12.6. The Kier molecular flexibility index (Phi) is 4.30. The third-order valence-electron chi connectivity index (χ3n) is 4.19. The zero-order valence-corrected chi connectivity index (χ0v) is 15.3. The van der Waals surface area contributed by atoms with E-state index >= 15 is 0 Å². The Morgan fingerprint density at radius 1 is 1.19 bits per heavy atom. The number of carbonyl (C=O) groups is 1. The first kappa shape index (κ1) is 16.5. The normalized spacial score (nSPS) is 11.2. The maximum Gasteiger partial charge on any atom is 0.246 e. The molecule has 1 N–H and O–H groups in total. The molecular weight excluding hydrogens is 348 g/mol. The number of nitrogens with one attached hydrogen (secondary N) is 1. The van der Waals surface area contributed by atoms with E-state index in [0.717, 1.165) is 39.2 Å². The van der Waals surface area contributed by atoms with Crippen LogP contribution in [0.5, 0.6) is 5.75 Å². The van der Waals surface area contributed by atoms with Crippen LogP contribution in [0.25, 0.3) is 21.3 Å². The van der Waals surface area contributed by atoms with Crippen LogP contribution in [0.3, 0.4) is 0 Å². The van der Waals surface area contributed by atoms with E-state index in [1.54, 1.807) is 7.11 Å². The Morgan fingerprint density at radius 2 is 2.04 bits per heavy atom. The van der Waals surface area contributed by atoms with E-state index in [1.807, 2.05) is 54.0 Å². The Morgan fingerprint density at radius 3 is 2.85 bits per heavy atom. The summed E-state index contributed by atoms with van der Waals surface area (Å²) in [4.78, 5) is 21.6. The lowest BCUT2D eigenvalue weighted by Gasteiger charge is -2.07. The molecule has 0 atom stereocenters. The zero-order chi connectivity index (χ0) is 18.1. The van der Waals surface area contributed by atoms with Gasteiger partial charge in [0, 0.05) is 6.42 Å². The second kappa shape index (κ2) is 6.76. The minimum absolute atomic E-state index is 0.117. The van der Waals surface area contributed by atoms with Crippen LogP contribution in [0.15, 0.2) is 42.5 Å². The molecule has 0 saturated carbocycles. The lowest BCUT2D eigenvalue weighted by atomic mass is 10.3. The molecule has 7 heteroatoms. The first-order chi connectivity index (χ1) is 12.7. The van der Waals surface area contributed by atoms with E-state index in [4.69, 9.17) is 4.74 Å². The minimum atomic E-state index is -0.117. The standard InChI is InChI=1S/C19H18N4O2S/c1-3-17-20-13-6-4-5-7-15(13)23(17)11-18(24)22-19-21-14-9-8-12(25-2)10-16(14)26-19/h4-10H,3,11H2,1-2H3,(H,21,22,24). The SMILES string of the molecule is CCc1nc2ccccc2n1CC(=O)Nc1nc2ccc(OC)cc2s1. The topological polar surface area (TPSA) is 69.0 Å². The number of carbonyl (C=O) groups excluding carboxylic acids is 1. The predicted octanol–water partition coefficient (Wildman–Crippen LogP) is 3.86. The van der Waals surface area contributed by atoms with E-state index in [1.165, 1.54) is 11.3 Å². The summed E-state index contributed by atoms with van der Waals surface area (Å²) in [6, 6.07) is 13.5. The number of methoxy groups -OCH3 is 1. The molecule has 26 heavy (non-hydrogen) atoms. The number of ether oxygens (including phenoxy) is 1. The van der Waals surface area contributed by atoms with Gasteiger partial charge in [-0.15, -0.1) is 0 Å². The van der Waals surface area contributed by atoms with Crippen LogP contribution in [-0.4, -0.2) is 27.6 Å². The van der Waals surface area contributed by atoms with E-state index in [2.05, 4.69) is 15.3 Å². The highest BCUT2D eigenvalue weighted by Gasteiger charge is 2.14. The third-order valence-corrected chi connectivity index (χ3v) is 5.13. The molecule has 132 valence electrons. The fraction of sp³-hybridized carbons (Fsp3) is 0.211. The number of hydrogen-bond donors (Lipinski definition) is 1. The largest absolute Gasteiger partial charge is 0.497 e. The molecule has 2 aromatic heterocycles. The zero-order valence-electron chi connectivity index (χ0n) is 14.5. The van der Waals surface area contributed by atoms with Crippen molar-refractivity contribution in [1.29, 1.82) is 0 Å². The van der Waals surface area contributed by atoms with Crippen LogP contribution < -0.4 is 10.1 Å². The van der Waals surface area contributed by atoms with Crippen LogP contribution in [0.2, 0.25) is 0 Å². The van der Waals surface area contributed by atoms with Gasteiger partial charge in [-0.25, -0.2) is 9.97 Å². The molecule has 2 aromatic carbocycles. The summed E-state index contributed by atoms with van der Waals surface area (Å²) in [5, 5.41) is 3.49. The van der Waals surface area contributed by atoms with E-state index in [9.17, 15) is 4.79 Å². The van der Waals surface area contributed by atoms with Crippen molar-refractivity contribution in [2.24, 2.45) is 0 Å². The van der Waals surface area contributed by atoms with Gasteiger partial charge in [-0.3, -0.25) is 4.79 Å². The molecule has 0 aliphatic carbocycles. The monoisotopic (exact) mass is 366 g/mol. The lowest BCUT2D eigenvalue weighted by molar-refractivity contribution is -0.116. The first-order valence-electron chi connectivity index (χ1n) is 8.36. The minimum Gasteiger partial charge on any atom is -0.497 e. The second-order valence-corrected chi connectivity index (χ2v) is 6.89. The Labute approximate surface area is 154 Å². The fourth-order valence-electron chi connectivity index (χ4n) is 2.96. The molecule has 6 nitrogen and oxygen atoms in total. The summed E-state index contributed by atoms with van der Waals surface area (Å²) in [6.07, 6.45) is 0.767. The molecule has 4 aromatic rings. The second-order valence-electron chi connectivity index (χ2n) is 5.86. The van der Waals surface area contributed by atoms with E-state index < -0.39 is 0 Å². The highest BCUT2D eigenvalue weighted by Crippen LogP contribution is 2.29. The molecule has 0 saturated heterocycles. The number of hydrogen-bond acceptors (Lipinski definition) is 5. The number of benzene rings is 2. The number of rotatable bonds is 5. The number of aryl methyl sites for hydroxylation is 1. The fourth-order valence-corrected chi connectivity index (χ4v) is 3.87. The van der Waals surface area contributed by atoms with Gasteiger partial charge in [0.25, 0.3) is 0 Å². The van der Waals surface area contributed by atoms with E-state index in [-0.39, 0.29) is 12.5 Å². The number of imidazole rings is 1. The van der Waals surface area contributed by atoms with Gasteiger partial charge < -0.3 is 14.6 Å². The maximum absolute atomic E-state index is 12.6. The molecule has 0 unspecified atom stereocenters. The van der Waals surface area contributed by atoms with Crippen molar-refractivity contribution in [3.8, 4) is 5.75 Å². The van der Waals surface area contributed by atoms with Gasteiger partial charge >= 0.3 is 0 Å². The van der Waals surface area contributed by atoms with Crippen LogP contribution >= 0.6 is 11.3 Å². The smallest absolute Gasteiger partial charge is 0.246 e. The Bertz CT molecular complexity index is 1100. The van der Waals surface area contributed by atoms with Crippen LogP contribution in [-0.2, 0) is 17.8 Å². The molecular formula is C19H18N4O2S. The number of thiazole rings is 1. The quantitative estimate of drug-likeness (QED) is 0.582. The van der Waals surface area contributed by atoms with Crippen LogP contribution in [0, 0.1) is 0 Å². The van der Waals surface area contributed by atoms with Crippen molar-refractivity contribution in [3.05, 3.63) is 48.3 Å². The number of anilines is 1. The molecule has 0 spiro atoms. The van der Waals surface area contributed by atoms with Gasteiger partial charge in [0.15, 0.2) is 5.13 Å². The van der Waals surface area contributed by atoms with Crippen molar-refractivity contribution in [1.82, 2.24) is 14.5 Å².